The quantitative estimate of drug-likeness (QED) is 0.361. The van der Waals surface area contributed by atoms with Crippen LogP contribution >= 0.6 is 0 Å². The highest BCUT2D eigenvalue weighted by Crippen LogP contribution is 2.25. The molecule has 0 aliphatic carbocycles. The fourth-order valence-corrected chi connectivity index (χ4v) is 2.48. The second kappa shape index (κ2) is 10.8. The molecule has 0 fully saturated rings. The van der Waals surface area contributed by atoms with Gasteiger partial charge in [0.15, 0.2) is 0 Å². The zero-order valence-electron chi connectivity index (χ0n) is 14.5. The summed E-state index contributed by atoms with van der Waals surface area (Å²) in [6.07, 6.45) is 3.05. The third kappa shape index (κ3) is 5.93. The first-order chi connectivity index (χ1) is 11.8. The van der Waals surface area contributed by atoms with Gasteiger partial charge < -0.3 is 14.2 Å². The van der Waals surface area contributed by atoms with E-state index in [0.29, 0.717) is 13.2 Å². The Morgan fingerprint density at radius 2 is 1.62 bits per heavy atom. The van der Waals surface area contributed by atoms with Crippen molar-refractivity contribution in [2.75, 3.05) is 27.1 Å². The Morgan fingerprint density at radius 3 is 2.25 bits per heavy atom. The lowest BCUT2D eigenvalue weighted by molar-refractivity contribution is -0.0825. The van der Waals surface area contributed by atoms with Gasteiger partial charge in [0.05, 0.1) is 19.3 Å². The van der Waals surface area contributed by atoms with E-state index in [4.69, 9.17) is 14.2 Å². The second-order valence-corrected chi connectivity index (χ2v) is 5.46. The molecule has 24 heavy (non-hydrogen) atoms. The molecule has 0 bridgehead atoms. The first-order valence-electron chi connectivity index (χ1n) is 8.35. The number of benzene rings is 2. The van der Waals surface area contributed by atoms with Gasteiger partial charge in [-0.3, -0.25) is 0 Å². The summed E-state index contributed by atoms with van der Waals surface area (Å²) in [5.74, 6) is 0. The Labute approximate surface area is 144 Å². The Morgan fingerprint density at radius 1 is 0.958 bits per heavy atom. The summed E-state index contributed by atoms with van der Waals surface area (Å²) in [5.41, 5.74) is 3.50. The maximum Gasteiger partial charge on any atom is 0.147 e. The maximum atomic E-state index is 5.98. The van der Waals surface area contributed by atoms with Crippen LogP contribution in [0.2, 0.25) is 0 Å². The molecule has 0 amide bonds. The highest BCUT2D eigenvalue weighted by Gasteiger charge is 2.15. The third-order valence-electron chi connectivity index (χ3n) is 3.73. The summed E-state index contributed by atoms with van der Waals surface area (Å²) in [5, 5.41) is 0. The zero-order chi connectivity index (χ0) is 17.0. The van der Waals surface area contributed by atoms with E-state index in [1.807, 2.05) is 24.3 Å². The molecule has 2 aromatic rings. The zero-order valence-corrected chi connectivity index (χ0v) is 14.5. The predicted octanol–water partition coefficient (Wildman–Crippen LogP) is 4.64. The largest absolute Gasteiger partial charge is 0.382 e. The Balaban J connectivity index is 2.16. The molecule has 0 aliphatic rings. The topological polar surface area (TPSA) is 27.7 Å². The highest BCUT2D eigenvalue weighted by atomic mass is 16.7. The van der Waals surface area contributed by atoms with E-state index in [1.54, 1.807) is 7.11 Å². The molecule has 2 aromatic carbocycles. The lowest BCUT2D eigenvalue weighted by Crippen LogP contribution is -2.17. The molecule has 3 heteroatoms. The van der Waals surface area contributed by atoms with Crippen LogP contribution in [0.1, 0.15) is 24.5 Å². The SMILES string of the molecule is CCC(OCOCCOC)/C(=C\c1ccccc1)c1ccccc1. The Kier molecular flexibility index (Phi) is 8.25. The van der Waals surface area contributed by atoms with Crippen molar-refractivity contribution < 1.29 is 14.2 Å². The molecule has 0 heterocycles. The summed E-state index contributed by atoms with van der Waals surface area (Å²) in [7, 11) is 1.66. The van der Waals surface area contributed by atoms with Crippen LogP contribution in [-0.2, 0) is 14.2 Å². The molecular formula is C21H26O3. The number of hydrogen-bond acceptors (Lipinski definition) is 3. The van der Waals surface area contributed by atoms with E-state index < -0.39 is 0 Å². The molecule has 1 unspecified atom stereocenters. The molecule has 0 radical (unpaired) electrons. The van der Waals surface area contributed by atoms with Crippen molar-refractivity contribution in [2.45, 2.75) is 19.4 Å². The molecule has 3 nitrogen and oxygen atoms in total. The summed E-state index contributed by atoms with van der Waals surface area (Å²) in [4.78, 5) is 0. The van der Waals surface area contributed by atoms with Crippen LogP contribution in [0.3, 0.4) is 0 Å². The molecule has 1 atom stereocenters. The Hall–Kier alpha value is -1.94. The van der Waals surface area contributed by atoms with Crippen molar-refractivity contribution in [1.82, 2.24) is 0 Å². The minimum Gasteiger partial charge on any atom is -0.382 e. The normalized spacial score (nSPS) is 13.0. The van der Waals surface area contributed by atoms with Gasteiger partial charge in [0.25, 0.3) is 0 Å². The molecular weight excluding hydrogens is 300 g/mol. The Bertz CT molecular complexity index is 593. The predicted molar refractivity (Wildman–Crippen MR) is 98.6 cm³/mol. The van der Waals surface area contributed by atoms with Crippen LogP contribution in [-0.4, -0.2) is 33.2 Å². The van der Waals surface area contributed by atoms with Gasteiger partial charge in [-0.15, -0.1) is 0 Å². The number of ether oxygens (including phenoxy) is 3. The molecule has 128 valence electrons. The van der Waals surface area contributed by atoms with Crippen LogP contribution in [0, 0.1) is 0 Å². The minimum atomic E-state index is -0.0184. The summed E-state index contributed by atoms with van der Waals surface area (Å²) in [6.45, 7) is 3.50. The van der Waals surface area contributed by atoms with Crippen LogP contribution in [0.4, 0.5) is 0 Å². The lowest BCUT2D eigenvalue weighted by atomic mass is 9.96. The summed E-state index contributed by atoms with van der Waals surface area (Å²) >= 11 is 0. The van der Waals surface area contributed by atoms with E-state index in [-0.39, 0.29) is 12.9 Å². The standard InChI is InChI=1S/C21H26O3/c1-3-21(24-17-23-15-14-22-2)20(19-12-8-5-9-13-19)16-18-10-6-4-7-11-18/h4-13,16,21H,3,14-15,17H2,1-2H3/b20-16-. The highest BCUT2D eigenvalue weighted by molar-refractivity contribution is 5.83. The van der Waals surface area contributed by atoms with Gasteiger partial charge in [-0.1, -0.05) is 67.6 Å². The first-order valence-corrected chi connectivity index (χ1v) is 8.35. The van der Waals surface area contributed by atoms with Gasteiger partial charge in [0.1, 0.15) is 6.79 Å². The molecule has 0 spiro atoms. The van der Waals surface area contributed by atoms with Gasteiger partial charge >= 0.3 is 0 Å². The van der Waals surface area contributed by atoms with E-state index >= 15 is 0 Å². The van der Waals surface area contributed by atoms with Gasteiger partial charge in [-0.05, 0) is 29.2 Å². The van der Waals surface area contributed by atoms with Gasteiger partial charge in [-0.25, -0.2) is 0 Å². The van der Waals surface area contributed by atoms with Crippen molar-refractivity contribution in [3.63, 3.8) is 0 Å². The molecule has 0 N–H and O–H groups in total. The van der Waals surface area contributed by atoms with E-state index in [0.717, 1.165) is 6.42 Å². The van der Waals surface area contributed by atoms with Crippen molar-refractivity contribution in [2.24, 2.45) is 0 Å². The van der Waals surface area contributed by atoms with Crippen LogP contribution < -0.4 is 0 Å². The van der Waals surface area contributed by atoms with Crippen LogP contribution in [0.25, 0.3) is 11.6 Å². The van der Waals surface area contributed by atoms with E-state index in [2.05, 4.69) is 49.4 Å². The first kappa shape index (κ1) is 18.4. The second-order valence-electron chi connectivity index (χ2n) is 5.46. The van der Waals surface area contributed by atoms with Crippen molar-refractivity contribution in [1.29, 1.82) is 0 Å². The summed E-state index contributed by atoms with van der Waals surface area (Å²) in [6, 6.07) is 20.7. The fourth-order valence-electron chi connectivity index (χ4n) is 2.48. The maximum absolute atomic E-state index is 5.98. The van der Waals surface area contributed by atoms with Gasteiger partial charge in [-0.2, -0.15) is 0 Å². The smallest absolute Gasteiger partial charge is 0.147 e. The van der Waals surface area contributed by atoms with Gasteiger partial charge in [0, 0.05) is 7.11 Å². The number of methoxy groups -OCH3 is 1. The molecule has 0 aromatic heterocycles. The third-order valence-corrected chi connectivity index (χ3v) is 3.73. The summed E-state index contributed by atoms with van der Waals surface area (Å²) < 4.78 is 16.4. The fraction of sp³-hybridized carbons (Fsp3) is 0.333. The lowest BCUT2D eigenvalue weighted by Gasteiger charge is -2.20. The van der Waals surface area contributed by atoms with Gasteiger partial charge in [0.2, 0.25) is 0 Å². The molecule has 0 saturated carbocycles. The monoisotopic (exact) mass is 326 g/mol. The van der Waals surface area contributed by atoms with Crippen LogP contribution in [0.5, 0.6) is 0 Å². The molecule has 0 aliphatic heterocycles. The number of rotatable bonds is 10. The van der Waals surface area contributed by atoms with E-state index in [1.165, 1.54) is 16.7 Å². The average molecular weight is 326 g/mol. The minimum absolute atomic E-state index is 0.0184. The van der Waals surface area contributed by atoms with E-state index in [9.17, 15) is 0 Å². The molecule has 0 saturated heterocycles. The average Bonchev–Trinajstić information content (AvgIpc) is 2.65. The van der Waals surface area contributed by atoms with Crippen molar-refractivity contribution in [3.05, 3.63) is 71.8 Å². The van der Waals surface area contributed by atoms with Crippen LogP contribution in [0.15, 0.2) is 60.7 Å². The number of hydrogen-bond donors (Lipinski definition) is 0. The van der Waals surface area contributed by atoms with Crippen molar-refractivity contribution >= 4 is 11.6 Å². The van der Waals surface area contributed by atoms with Crippen molar-refractivity contribution in [3.8, 4) is 0 Å². The molecule has 2 rings (SSSR count).